The van der Waals surface area contributed by atoms with Gasteiger partial charge < -0.3 is 5.11 Å². The van der Waals surface area contributed by atoms with Crippen LogP contribution in [0.25, 0.3) is 0 Å². The average Bonchev–Trinajstić information content (AvgIpc) is 1.87. The van der Waals surface area contributed by atoms with Gasteiger partial charge in [0, 0.05) is 4.92 Å². The van der Waals surface area contributed by atoms with E-state index >= 15 is 0 Å². The summed E-state index contributed by atoms with van der Waals surface area (Å²) in [5.74, 6) is 0. The molecule has 0 saturated heterocycles. The van der Waals surface area contributed by atoms with Gasteiger partial charge in [-0.15, -0.1) is 0 Å². The molecule has 0 aliphatic carbocycles. The molecule has 1 N–H and O–H groups in total. The molecule has 0 aliphatic heterocycles. The van der Waals surface area contributed by atoms with Crippen LogP contribution in [0.3, 0.4) is 0 Å². The standard InChI is InChI=1S/C6H13NO3/c1-3-6(2,5-8)4-7(9)10/h8H,3-5H2,1-2H3. The van der Waals surface area contributed by atoms with E-state index in [0.717, 1.165) is 0 Å². The SMILES string of the molecule is CCC(C)(CO)C[N+](=O)[O-]. The first-order valence-corrected chi connectivity index (χ1v) is 3.27. The van der Waals surface area contributed by atoms with Crippen molar-refractivity contribution in [1.29, 1.82) is 0 Å². The molecule has 0 aromatic heterocycles. The summed E-state index contributed by atoms with van der Waals surface area (Å²) in [5.41, 5.74) is -0.538. The summed E-state index contributed by atoms with van der Waals surface area (Å²) >= 11 is 0. The number of nitro groups is 1. The number of aliphatic hydroxyl groups excluding tert-OH is 1. The highest BCUT2D eigenvalue weighted by molar-refractivity contribution is 4.69. The molecule has 60 valence electrons. The third-order valence-electron chi connectivity index (χ3n) is 1.75. The van der Waals surface area contributed by atoms with Gasteiger partial charge in [-0.3, -0.25) is 10.1 Å². The van der Waals surface area contributed by atoms with E-state index in [1.54, 1.807) is 6.92 Å². The average molecular weight is 147 g/mol. The first-order valence-electron chi connectivity index (χ1n) is 3.27. The van der Waals surface area contributed by atoms with Crippen molar-refractivity contribution in [2.75, 3.05) is 13.2 Å². The maximum atomic E-state index is 10.0. The van der Waals surface area contributed by atoms with E-state index in [0.29, 0.717) is 6.42 Å². The Hall–Kier alpha value is -0.640. The van der Waals surface area contributed by atoms with Crippen molar-refractivity contribution in [1.82, 2.24) is 0 Å². The van der Waals surface area contributed by atoms with E-state index < -0.39 is 5.41 Å². The number of hydrogen-bond acceptors (Lipinski definition) is 3. The highest BCUT2D eigenvalue weighted by Gasteiger charge is 2.27. The first-order chi connectivity index (χ1) is 4.54. The lowest BCUT2D eigenvalue weighted by Crippen LogP contribution is -2.29. The minimum atomic E-state index is -0.538. The van der Waals surface area contributed by atoms with Crippen molar-refractivity contribution in [3.8, 4) is 0 Å². The molecule has 0 radical (unpaired) electrons. The van der Waals surface area contributed by atoms with Crippen LogP contribution in [0.5, 0.6) is 0 Å². The second kappa shape index (κ2) is 3.51. The minimum absolute atomic E-state index is 0.121. The molecule has 0 aliphatic rings. The number of hydrogen-bond donors (Lipinski definition) is 1. The first kappa shape index (κ1) is 9.36. The van der Waals surface area contributed by atoms with Crippen LogP contribution in [0, 0.1) is 15.5 Å². The van der Waals surface area contributed by atoms with Crippen LogP contribution in [0.4, 0.5) is 0 Å². The van der Waals surface area contributed by atoms with E-state index in [2.05, 4.69) is 0 Å². The fourth-order valence-electron chi connectivity index (χ4n) is 0.585. The largest absolute Gasteiger partial charge is 0.396 e. The van der Waals surface area contributed by atoms with Crippen molar-refractivity contribution in [3.63, 3.8) is 0 Å². The quantitative estimate of drug-likeness (QED) is 0.469. The third-order valence-corrected chi connectivity index (χ3v) is 1.75. The van der Waals surface area contributed by atoms with E-state index in [4.69, 9.17) is 5.11 Å². The van der Waals surface area contributed by atoms with Gasteiger partial charge in [0.1, 0.15) is 0 Å². The molecule has 0 rings (SSSR count). The zero-order valence-electron chi connectivity index (χ0n) is 6.33. The Labute approximate surface area is 60.0 Å². The van der Waals surface area contributed by atoms with Crippen LogP contribution in [0.1, 0.15) is 20.3 Å². The van der Waals surface area contributed by atoms with Gasteiger partial charge in [0.05, 0.1) is 12.0 Å². The van der Waals surface area contributed by atoms with E-state index in [1.807, 2.05) is 6.92 Å². The molecule has 0 fully saturated rings. The Balaban J connectivity index is 3.92. The Morgan fingerprint density at radius 2 is 2.20 bits per heavy atom. The van der Waals surface area contributed by atoms with Gasteiger partial charge in [0.25, 0.3) is 0 Å². The van der Waals surface area contributed by atoms with Crippen LogP contribution in [-0.4, -0.2) is 23.2 Å². The molecule has 0 bridgehead atoms. The molecular weight excluding hydrogens is 134 g/mol. The lowest BCUT2D eigenvalue weighted by molar-refractivity contribution is -0.497. The van der Waals surface area contributed by atoms with Crippen molar-refractivity contribution < 1.29 is 10.0 Å². The van der Waals surface area contributed by atoms with E-state index in [-0.39, 0.29) is 18.1 Å². The zero-order chi connectivity index (χ0) is 8.20. The maximum Gasteiger partial charge on any atom is 0.211 e. The van der Waals surface area contributed by atoms with E-state index in [1.165, 1.54) is 0 Å². The molecule has 0 aromatic rings. The Morgan fingerprint density at radius 3 is 2.30 bits per heavy atom. The van der Waals surface area contributed by atoms with Gasteiger partial charge in [-0.2, -0.15) is 0 Å². The van der Waals surface area contributed by atoms with Crippen LogP contribution in [-0.2, 0) is 0 Å². The van der Waals surface area contributed by atoms with Gasteiger partial charge >= 0.3 is 0 Å². The van der Waals surface area contributed by atoms with Crippen LogP contribution in [0.15, 0.2) is 0 Å². The molecule has 4 nitrogen and oxygen atoms in total. The van der Waals surface area contributed by atoms with Crippen molar-refractivity contribution >= 4 is 0 Å². The lowest BCUT2D eigenvalue weighted by atomic mass is 9.89. The Bertz CT molecular complexity index is 120. The summed E-state index contributed by atoms with van der Waals surface area (Å²) in [6.45, 7) is 3.26. The summed E-state index contributed by atoms with van der Waals surface area (Å²) in [5, 5.41) is 18.8. The number of aliphatic hydroxyl groups is 1. The topological polar surface area (TPSA) is 63.4 Å². The zero-order valence-corrected chi connectivity index (χ0v) is 6.33. The summed E-state index contributed by atoms with van der Waals surface area (Å²) in [7, 11) is 0. The van der Waals surface area contributed by atoms with Gasteiger partial charge in [-0.05, 0) is 6.42 Å². The normalized spacial score (nSPS) is 16.3. The Morgan fingerprint density at radius 1 is 1.70 bits per heavy atom. The van der Waals surface area contributed by atoms with Crippen molar-refractivity contribution in [2.24, 2.45) is 5.41 Å². The second-order valence-electron chi connectivity index (χ2n) is 2.81. The third kappa shape index (κ3) is 2.77. The molecular formula is C6H13NO3. The predicted molar refractivity (Wildman–Crippen MR) is 37.3 cm³/mol. The predicted octanol–water partition coefficient (Wildman–Crippen LogP) is 0.672. The van der Waals surface area contributed by atoms with Crippen LogP contribution >= 0.6 is 0 Å². The second-order valence-corrected chi connectivity index (χ2v) is 2.81. The maximum absolute atomic E-state index is 10.0. The molecule has 0 aromatic carbocycles. The van der Waals surface area contributed by atoms with E-state index in [9.17, 15) is 10.1 Å². The minimum Gasteiger partial charge on any atom is -0.396 e. The number of rotatable bonds is 4. The van der Waals surface area contributed by atoms with Crippen molar-refractivity contribution in [3.05, 3.63) is 10.1 Å². The summed E-state index contributed by atoms with van der Waals surface area (Å²) in [4.78, 5) is 9.64. The molecule has 0 heterocycles. The smallest absolute Gasteiger partial charge is 0.211 e. The molecule has 10 heavy (non-hydrogen) atoms. The number of nitrogens with zero attached hydrogens (tertiary/aromatic N) is 1. The fraction of sp³-hybridized carbons (Fsp3) is 1.00. The van der Waals surface area contributed by atoms with Gasteiger partial charge in [0.15, 0.2) is 0 Å². The fourth-order valence-corrected chi connectivity index (χ4v) is 0.585. The van der Waals surface area contributed by atoms with Crippen molar-refractivity contribution in [2.45, 2.75) is 20.3 Å². The van der Waals surface area contributed by atoms with Gasteiger partial charge in [-0.1, -0.05) is 13.8 Å². The summed E-state index contributed by atoms with van der Waals surface area (Å²) in [6, 6.07) is 0. The molecule has 1 unspecified atom stereocenters. The van der Waals surface area contributed by atoms with Gasteiger partial charge in [-0.25, -0.2) is 0 Å². The lowest BCUT2D eigenvalue weighted by Gasteiger charge is -2.19. The highest BCUT2D eigenvalue weighted by Crippen LogP contribution is 2.19. The van der Waals surface area contributed by atoms with Crippen LogP contribution < -0.4 is 0 Å². The molecule has 1 atom stereocenters. The molecule has 0 saturated carbocycles. The molecule has 4 heteroatoms. The Kier molecular flexibility index (Phi) is 3.28. The molecule has 0 spiro atoms. The molecule has 0 amide bonds. The van der Waals surface area contributed by atoms with Crippen LogP contribution in [0.2, 0.25) is 0 Å². The monoisotopic (exact) mass is 147 g/mol. The summed E-state index contributed by atoms with van der Waals surface area (Å²) in [6.07, 6.45) is 0.629. The summed E-state index contributed by atoms with van der Waals surface area (Å²) < 4.78 is 0. The van der Waals surface area contributed by atoms with Gasteiger partial charge in [0.2, 0.25) is 6.54 Å². The highest BCUT2D eigenvalue weighted by atomic mass is 16.6.